The molecular formula is C18H17NO3. The van der Waals surface area contributed by atoms with Gasteiger partial charge in [-0.15, -0.1) is 0 Å². The molecule has 2 aromatic carbocycles. The van der Waals surface area contributed by atoms with Crippen LogP contribution in [-0.4, -0.2) is 28.7 Å². The predicted molar refractivity (Wildman–Crippen MR) is 82.1 cm³/mol. The highest BCUT2D eigenvalue weighted by Crippen LogP contribution is 2.39. The molecule has 0 bridgehead atoms. The molecule has 1 aliphatic heterocycles. The fourth-order valence-electron chi connectivity index (χ4n) is 3.16. The second-order valence-corrected chi connectivity index (χ2v) is 5.40. The number of hydrogen-bond donors (Lipinski definition) is 1. The van der Waals surface area contributed by atoms with Crippen molar-refractivity contribution in [3.05, 3.63) is 71.3 Å². The van der Waals surface area contributed by atoms with Crippen molar-refractivity contribution in [1.82, 2.24) is 4.90 Å². The summed E-state index contributed by atoms with van der Waals surface area (Å²) in [6, 6.07) is 16.2. The Kier molecular flexibility index (Phi) is 4.13. The third kappa shape index (κ3) is 2.47. The highest BCUT2D eigenvalue weighted by atomic mass is 16.3. The van der Waals surface area contributed by atoms with Crippen LogP contribution < -0.4 is 0 Å². The number of benzene rings is 2. The van der Waals surface area contributed by atoms with Crippen molar-refractivity contribution in [2.24, 2.45) is 0 Å². The molecule has 0 spiro atoms. The molecule has 4 heteroatoms. The number of aliphatic hydroxyl groups is 1. The molecule has 0 radical (unpaired) electrons. The van der Waals surface area contributed by atoms with Crippen LogP contribution in [0.15, 0.2) is 54.6 Å². The molecule has 0 saturated carbocycles. The number of carbonyl (C=O) groups is 2. The molecule has 0 amide bonds. The van der Waals surface area contributed by atoms with E-state index in [4.69, 9.17) is 0 Å². The lowest BCUT2D eigenvalue weighted by Gasteiger charge is -2.30. The average Bonchev–Trinajstić information content (AvgIpc) is 2.95. The van der Waals surface area contributed by atoms with Gasteiger partial charge in [-0.1, -0.05) is 54.6 Å². The van der Waals surface area contributed by atoms with Gasteiger partial charge in [0.15, 0.2) is 6.29 Å². The van der Waals surface area contributed by atoms with E-state index < -0.39 is 11.8 Å². The van der Waals surface area contributed by atoms with Gasteiger partial charge < -0.3 is 5.11 Å². The number of ketones is 1. The van der Waals surface area contributed by atoms with Gasteiger partial charge in [0.05, 0.1) is 12.6 Å². The summed E-state index contributed by atoms with van der Waals surface area (Å²) in [6.45, 7) is 0.432. The van der Waals surface area contributed by atoms with E-state index in [2.05, 4.69) is 0 Å². The molecule has 1 aliphatic rings. The number of fused-ring (bicyclic) bond motifs is 1. The highest BCUT2D eigenvalue weighted by molar-refractivity contribution is 6.27. The Morgan fingerprint density at radius 1 is 1.18 bits per heavy atom. The summed E-state index contributed by atoms with van der Waals surface area (Å²) in [6.07, 6.45) is 0.374. The van der Waals surface area contributed by atoms with Crippen LogP contribution >= 0.6 is 0 Å². The van der Waals surface area contributed by atoms with Gasteiger partial charge in [-0.2, -0.15) is 0 Å². The van der Waals surface area contributed by atoms with Gasteiger partial charge in [-0.3, -0.25) is 14.5 Å². The molecule has 1 heterocycles. The van der Waals surface area contributed by atoms with E-state index in [0.717, 1.165) is 16.7 Å². The maximum Gasteiger partial charge on any atom is 0.216 e. The fourth-order valence-corrected chi connectivity index (χ4v) is 3.16. The Bertz CT molecular complexity index is 684. The monoisotopic (exact) mass is 295 g/mol. The second kappa shape index (κ2) is 6.22. The van der Waals surface area contributed by atoms with E-state index >= 15 is 0 Å². The largest absolute Gasteiger partial charge is 0.394 e. The first-order valence-electron chi connectivity index (χ1n) is 7.24. The number of carbonyl (C=O) groups excluding carboxylic acids is 2. The number of Topliss-reactive ketones (excluding diaryl/α,β-unsaturated/α-hetero) is 1. The minimum Gasteiger partial charge on any atom is -0.394 e. The van der Waals surface area contributed by atoms with Crippen molar-refractivity contribution in [3.63, 3.8) is 0 Å². The summed E-state index contributed by atoms with van der Waals surface area (Å²) in [7, 11) is 0. The van der Waals surface area contributed by atoms with E-state index in [9.17, 15) is 14.7 Å². The van der Waals surface area contributed by atoms with Crippen molar-refractivity contribution >= 4 is 12.1 Å². The minimum atomic E-state index is -0.619. The molecule has 22 heavy (non-hydrogen) atoms. The predicted octanol–water partition coefficient (Wildman–Crippen LogP) is 2.04. The van der Waals surface area contributed by atoms with Crippen LogP contribution in [0.4, 0.5) is 0 Å². The Labute approximate surface area is 129 Å². The van der Waals surface area contributed by atoms with Crippen LogP contribution in [-0.2, 0) is 16.1 Å². The standard InChI is InChI=1S/C18H17NO3/c20-11-16(13-6-2-1-3-7-13)19-10-14-8-4-5-9-15(14)18(19)17(22)12-21/h1-9,12,16,18,20H,10-11H2. The Balaban J connectivity index is 2.02. The zero-order chi connectivity index (χ0) is 15.5. The topological polar surface area (TPSA) is 57.6 Å². The van der Waals surface area contributed by atoms with Crippen molar-refractivity contribution in [3.8, 4) is 0 Å². The van der Waals surface area contributed by atoms with E-state index in [0.29, 0.717) is 12.8 Å². The van der Waals surface area contributed by atoms with Gasteiger partial charge in [0, 0.05) is 6.54 Å². The molecule has 2 aromatic rings. The molecule has 112 valence electrons. The van der Waals surface area contributed by atoms with Crippen LogP contribution in [0, 0.1) is 0 Å². The maximum atomic E-state index is 12.1. The van der Waals surface area contributed by atoms with Crippen LogP contribution in [0.5, 0.6) is 0 Å². The molecule has 3 rings (SSSR count). The SMILES string of the molecule is O=CC(=O)C1c2ccccc2CN1C(CO)c1ccccc1. The van der Waals surface area contributed by atoms with Crippen LogP contribution in [0.1, 0.15) is 28.8 Å². The maximum absolute atomic E-state index is 12.1. The van der Waals surface area contributed by atoms with E-state index in [1.807, 2.05) is 59.5 Å². The first kappa shape index (κ1) is 14.6. The molecule has 0 aromatic heterocycles. The van der Waals surface area contributed by atoms with Crippen LogP contribution in [0.25, 0.3) is 0 Å². The zero-order valence-corrected chi connectivity index (χ0v) is 12.1. The third-order valence-corrected chi connectivity index (χ3v) is 4.18. The normalized spacial score (nSPS) is 18.7. The van der Waals surface area contributed by atoms with Gasteiger partial charge in [0.2, 0.25) is 5.78 Å². The molecule has 0 saturated heterocycles. The molecule has 4 nitrogen and oxygen atoms in total. The number of nitrogens with zero attached hydrogens (tertiary/aromatic N) is 1. The first-order chi connectivity index (χ1) is 10.8. The summed E-state index contributed by atoms with van der Waals surface area (Å²) < 4.78 is 0. The van der Waals surface area contributed by atoms with Crippen molar-refractivity contribution < 1.29 is 14.7 Å². The van der Waals surface area contributed by atoms with Gasteiger partial charge in [-0.05, 0) is 16.7 Å². The van der Waals surface area contributed by atoms with Gasteiger partial charge in [0.1, 0.15) is 6.04 Å². The summed E-state index contributed by atoms with van der Waals surface area (Å²) in [5.74, 6) is -0.473. The van der Waals surface area contributed by atoms with Gasteiger partial charge in [-0.25, -0.2) is 0 Å². The zero-order valence-electron chi connectivity index (χ0n) is 12.1. The van der Waals surface area contributed by atoms with E-state index in [1.54, 1.807) is 0 Å². The first-order valence-corrected chi connectivity index (χ1v) is 7.24. The smallest absolute Gasteiger partial charge is 0.216 e. The van der Waals surface area contributed by atoms with Gasteiger partial charge in [0.25, 0.3) is 0 Å². The number of rotatable bonds is 5. The third-order valence-electron chi connectivity index (χ3n) is 4.18. The quantitative estimate of drug-likeness (QED) is 0.677. The lowest BCUT2D eigenvalue weighted by atomic mass is 10.00. The van der Waals surface area contributed by atoms with Crippen LogP contribution in [0.3, 0.4) is 0 Å². The minimum absolute atomic E-state index is 0.110. The second-order valence-electron chi connectivity index (χ2n) is 5.40. The number of hydrogen-bond acceptors (Lipinski definition) is 4. The average molecular weight is 295 g/mol. The Hall–Kier alpha value is -2.30. The summed E-state index contributed by atoms with van der Waals surface area (Å²) in [5.41, 5.74) is 2.81. The molecular weight excluding hydrogens is 278 g/mol. The van der Waals surface area contributed by atoms with Crippen molar-refractivity contribution in [1.29, 1.82) is 0 Å². The molecule has 0 fully saturated rings. The lowest BCUT2D eigenvalue weighted by Crippen LogP contribution is -2.34. The number of aliphatic hydroxyl groups excluding tert-OH is 1. The Morgan fingerprint density at radius 3 is 2.55 bits per heavy atom. The van der Waals surface area contributed by atoms with Crippen molar-refractivity contribution in [2.75, 3.05) is 6.61 Å². The summed E-state index contributed by atoms with van der Waals surface area (Å²) in [4.78, 5) is 25.1. The summed E-state index contributed by atoms with van der Waals surface area (Å²) >= 11 is 0. The lowest BCUT2D eigenvalue weighted by molar-refractivity contribution is -0.134. The molecule has 2 unspecified atom stereocenters. The summed E-state index contributed by atoms with van der Waals surface area (Å²) in [5, 5.41) is 9.85. The van der Waals surface area contributed by atoms with E-state index in [1.165, 1.54) is 0 Å². The van der Waals surface area contributed by atoms with Crippen LogP contribution in [0.2, 0.25) is 0 Å². The van der Waals surface area contributed by atoms with Crippen molar-refractivity contribution in [2.45, 2.75) is 18.6 Å². The van der Waals surface area contributed by atoms with Gasteiger partial charge >= 0.3 is 0 Å². The molecule has 1 N–H and O–H groups in total. The van der Waals surface area contributed by atoms with E-state index in [-0.39, 0.29) is 12.6 Å². The molecule has 0 aliphatic carbocycles. The highest BCUT2D eigenvalue weighted by Gasteiger charge is 2.39. The molecule has 2 atom stereocenters. The fraction of sp³-hybridized carbons (Fsp3) is 0.222. The Morgan fingerprint density at radius 2 is 1.86 bits per heavy atom. The number of aldehydes is 1.